The van der Waals surface area contributed by atoms with E-state index in [1.165, 1.54) is 11.3 Å². The molecule has 1 amide bonds. The Morgan fingerprint density at radius 3 is 2.71 bits per heavy atom. The van der Waals surface area contributed by atoms with Gasteiger partial charge in [-0.15, -0.1) is 11.3 Å². The van der Waals surface area contributed by atoms with E-state index in [-0.39, 0.29) is 5.91 Å². The van der Waals surface area contributed by atoms with E-state index in [0.29, 0.717) is 21.5 Å². The van der Waals surface area contributed by atoms with Gasteiger partial charge in [-0.2, -0.15) is 0 Å². The first kappa shape index (κ1) is 16.1. The lowest BCUT2D eigenvalue weighted by molar-refractivity contribution is 0.0952. The van der Waals surface area contributed by atoms with Gasteiger partial charge in [0.15, 0.2) is 0 Å². The van der Waals surface area contributed by atoms with Gasteiger partial charge in [0.05, 0.1) is 16.4 Å². The predicted molar refractivity (Wildman–Crippen MR) is 90.7 cm³/mol. The molecule has 0 aliphatic heterocycles. The first-order valence-corrected chi connectivity index (χ1v) is 8.23. The zero-order valence-electron chi connectivity index (χ0n) is 11.6. The number of hydrogen-bond donors (Lipinski definition) is 2. The molecule has 0 saturated heterocycles. The number of carbonyl (C=O) groups is 1. The van der Waals surface area contributed by atoms with Crippen molar-refractivity contribution in [3.63, 3.8) is 0 Å². The van der Waals surface area contributed by atoms with Crippen molar-refractivity contribution in [2.75, 3.05) is 11.9 Å². The zero-order chi connectivity index (χ0) is 15.2. The Morgan fingerprint density at radius 2 is 2.05 bits per heavy atom. The maximum atomic E-state index is 12.3. The molecule has 6 heteroatoms. The van der Waals surface area contributed by atoms with E-state index in [2.05, 4.69) is 17.6 Å². The van der Waals surface area contributed by atoms with Crippen LogP contribution in [0.25, 0.3) is 0 Å². The Hall–Kier alpha value is -1.23. The molecule has 2 rings (SSSR count). The number of rotatable bonds is 6. The third-order valence-electron chi connectivity index (χ3n) is 2.84. The number of carbonyl (C=O) groups excluding carboxylic acids is 1. The van der Waals surface area contributed by atoms with Crippen LogP contribution in [0.15, 0.2) is 30.3 Å². The molecule has 2 aromatic rings. The number of amides is 1. The predicted octanol–water partition coefficient (Wildman–Crippen LogP) is 4.81. The smallest absolute Gasteiger partial charge is 0.253 e. The standard InChI is InChI=1S/C15H16Cl2N2OS/c1-2-7-18-13-5-3-10(16)8-12(13)15(20)19-9-11-4-6-14(17)21-11/h3-6,8,18H,2,7,9H2,1H3,(H,19,20). The van der Waals surface area contributed by atoms with Crippen molar-refractivity contribution >= 4 is 46.1 Å². The van der Waals surface area contributed by atoms with E-state index in [1.54, 1.807) is 12.1 Å². The molecule has 1 aromatic heterocycles. The van der Waals surface area contributed by atoms with Crippen LogP contribution < -0.4 is 10.6 Å². The Balaban J connectivity index is 2.08. The summed E-state index contributed by atoms with van der Waals surface area (Å²) in [5, 5.41) is 6.67. The largest absolute Gasteiger partial charge is 0.384 e. The van der Waals surface area contributed by atoms with E-state index in [9.17, 15) is 4.79 Å². The highest BCUT2D eigenvalue weighted by molar-refractivity contribution is 7.16. The maximum Gasteiger partial charge on any atom is 0.253 e. The van der Waals surface area contributed by atoms with Gasteiger partial charge in [0.1, 0.15) is 0 Å². The second kappa shape index (κ2) is 7.69. The van der Waals surface area contributed by atoms with Gasteiger partial charge in [-0.05, 0) is 36.8 Å². The van der Waals surface area contributed by atoms with Crippen molar-refractivity contribution in [2.45, 2.75) is 19.9 Å². The SMILES string of the molecule is CCCNc1ccc(Cl)cc1C(=O)NCc1ccc(Cl)s1. The van der Waals surface area contributed by atoms with Crippen LogP contribution in [0, 0.1) is 0 Å². The first-order chi connectivity index (χ1) is 10.1. The monoisotopic (exact) mass is 342 g/mol. The lowest BCUT2D eigenvalue weighted by atomic mass is 10.1. The van der Waals surface area contributed by atoms with Crippen molar-refractivity contribution < 1.29 is 4.79 Å². The molecule has 0 spiro atoms. The van der Waals surface area contributed by atoms with Crippen LogP contribution in [0.1, 0.15) is 28.6 Å². The number of halogens is 2. The summed E-state index contributed by atoms with van der Waals surface area (Å²) in [6.45, 7) is 3.33. The molecule has 2 N–H and O–H groups in total. The average Bonchev–Trinajstić information content (AvgIpc) is 2.89. The lowest BCUT2D eigenvalue weighted by Crippen LogP contribution is -2.23. The topological polar surface area (TPSA) is 41.1 Å². The van der Waals surface area contributed by atoms with E-state index in [0.717, 1.165) is 23.5 Å². The van der Waals surface area contributed by atoms with Crippen LogP contribution in [-0.2, 0) is 6.54 Å². The highest BCUT2D eigenvalue weighted by Crippen LogP contribution is 2.23. The summed E-state index contributed by atoms with van der Waals surface area (Å²) in [5.41, 5.74) is 1.35. The van der Waals surface area contributed by atoms with Crippen LogP contribution >= 0.6 is 34.5 Å². The first-order valence-electron chi connectivity index (χ1n) is 6.66. The highest BCUT2D eigenvalue weighted by atomic mass is 35.5. The minimum atomic E-state index is -0.152. The van der Waals surface area contributed by atoms with Crippen molar-refractivity contribution in [1.82, 2.24) is 5.32 Å². The molecule has 1 aromatic carbocycles. The molecule has 0 radical (unpaired) electrons. The fourth-order valence-electron chi connectivity index (χ4n) is 1.83. The molecule has 0 aliphatic rings. The van der Waals surface area contributed by atoms with E-state index < -0.39 is 0 Å². The minimum Gasteiger partial charge on any atom is -0.384 e. The van der Waals surface area contributed by atoms with E-state index >= 15 is 0 Å². The van der Waals surface area contributed by atoms with Crippen LogP contribution in [0.3, 0.4) is 0 Å². The summed E-state index contributed by atoms with van der Waals surface area (Å²) >= 11 is 13.3. The average molecular weight is 343 g/mol. The molecule has 1 heterocycles. The molecule has 112 valence electrons. The summed E-state index contributed by atoms with van der Waals surface area (Å²) in [6.07, 6.45) is 0.984. The fraction of sp³-hybridized carbons (Fsp3) is 0.267. The van der Waals surface area contributed by atoms with E-state index in [1.807, 2.05) is 18.2 Å². The van der Waals surface area contributed by atoms with Crippen molar-refractivity contribution in [2.24, 2.45) is 0 Å². The van der Waals surface area contributed by atoms with Gasteiger partial charge < -0.3 is 10.6 Å². The number of benzene rings is 1. The number of thiophene rings is 1. The summed E-state index contributed by atoms with van der Waals surface area (Å²) < 4.78 is 0.715. The molecule has 0 unspecified atom stereocenters. The van der Waals surface area contributed by atoms with Crippen molar-refractivity contribution in [3.05, 3.63) is 50.1 Å². The van der Waals surface area contributed by atoms with Crippen LogP contribution in [0.2, 0.25) is 9.36 Å². The summed E-state index contributed by atoms with van der Waals surface area (Å²) in [4.78, 5) is 13.3. The van der Waals surface area contributed by atoms with Gasteiger partial charge in [0.2, 0.25) is 0 Å². The van der Waals surface area contributed by atoms with Gasteiger partial charge in [0.25, 0.3) is 5.91 Å². The summed E-state index contributed by atoms with van der Waals surface area (Å²) in [7, 11) is 0. The molecule has 0 atom stereocenters. The van der Waals surface area contributed by atoms with Gasteiger partial charge >= 0.3 is 0 Å². The maximum absolute atomic E-state index is 12.3. The van der Waals surface area contributed by atoms with Crippen molar-refractivity contribution in [1.29, 1.82) is 0 Å². The van der Waals surface area contributed by atoms with Crippen LogP contribution in [0.5, 0.6) is 0 Å². The van der Waals surface area contributed by atoms with Gasteiger partial charge in [0, 0.05) is 22.1 Å². The molecular formula is C15H16Cl2N2OS. The molecule has 0 fully saturated rings. The van der Waals surface area contributed by atoms with Gasteiger partial charge in [-0.1, -0.05) is 30.1 Å². The minimum absolute atomic E-state index is 0.152. The molecular weight excluding hydrogens is 327 g/mol. The number of anilines is 1. The Kier molecular flexibility index (Phi) is 5.91. The second-order valence-electron chi connectivity index (χ2n) is 4.51. The summed E-state index contributed by atoms with van der Waals surface area (Å²) in [5.74, 6) is -0.152. The quantitative estimate of drug-likeness (QED) is 0.790. The molecule has 21 heavy (non-hydrogen) atoms. The highest BCUT2D eigenvalue weighted by Gasteiger charge is 2.12. The number of hydrogen-bond acceptors (Lipinski definition) is 3. The molecule has 3 nitrogen and oxygen atoms in total. The fourth-order valence-corrected chi connectivity index (χ4v) is 3.03. The Labute approximate surface area is 138 Å². The normalized spacial score (nSPS) is 10.4. The molecule has 0 saturated carbocycles. The third-order valence-corrected chi connectivity index (χ3v) is 4.31. The van der Waals surface area contributed by atoms with Gasteiger partial charge in [-0.3, -0.25) is 4.79 Å². The second-order valence-corrected chi connectivity index (χ2v) is 6.74. The van der Waals surface area contributed by atoms with Crippen LogP contribution in [-0.4, -0.2) is 12.5 Å². The third kappa shape index (κ3) is 4.63. The zero-order valence-corrected chi connectivity index (χ0v) is 13.9. The van der Waals surface area contributed by atoms with Crippen molar-refractivity contribution in [3.8, 4) is 0 Å². The van der Waals surface area contributed by atoms with E-state index in [4.69, 9.17) is 23.2 Å². The molecule has 0 bridgehead atoms. The molecule has 0 aliphatic carbocycles. The van der Waals surface area contributed by atoms with Gasteiger partial charge in [-0.25, -0.2) is 0 Å². The number of nitrogens with one attached hydrogen (secondary N) is 2. The summed E-state index contributed by atoms with van der Waals surface area (Å²) in [6, 6.07) is 9.00. The Bertz CT molecular complexity index is 628. The van der Waals surface area contributed by atoms with Crippen LogP contribution in [0.4, 0.5) is 5.69 Å². The lowest BCUT2D eigenvalue weighted by Gasteiger charge is -2.12. The Morgan fingerprint density at radius 1 is 1.24 bits per heavy atom.